The standard InChI is InChI=1S/C16H15ClN2O/c1-10-3-4-12(7-11(10)2)9-19-16(20)14-6-5-13(17)8-15(14)18-19/h3-8,18H,9H2,1-2H3. The van der Waals surface area contributed by atoms with E-state index in [4.69, 9.17) is 11.6 Å². The van der Waals surface area contributed by atoms with E-state index in [-0.39, 0.29) is 5.56 Å². The molecule has 3 aromatic rings. The van der Waals surface area contributed by atoms with Crippen LogP contribution in [0.1, 0.15) is 16.7 Å². The van der Waals surface area contributed by atoms with Crippen LogP contribution in [0.5, 0.6) is 0 Å². The summed E-state index contributed by atoms with van der Waals surface area (Å²) in [5.41, 5.74) is 4.34. The van der Waals surface area contributed by atoms with Crippen LogP contribution in [0.4, 0.5) is 0 Å². The van der Waals surface area contributed by atoms with Gasteiger partial charge in [0.2, 0.25) is 0 Å². The van der Waals surface area contributed by atoms with Crippen LogP contribution in [-0.4, -0.2) is 9.78 Å². The summed E-state index contributed by atoms with van der Waals surface area (Å²) in [7, 11) is 0. The van der Waals surface area contributed by atoms with Crippen LogP contribution < -0.4 is 5.56 Å². The predicted octanol–water partition coefficient (Wildman–Crippen LogP) is 3.65. The van der Waals surface area contributed by atoms with Crippen molar-refractivity contribution in [1.82, 2.24) is 9.78 Å². The molecule has 1 heterocycles. The predicted molar refractivity (Wildman–Crippen MR) is 82.6 cm³/mol. The van der Waals surface area contributed by atoms with Gasteiger partial charge in [0.15, 0.2) is 0 Å². The number of rotatable bonds is 2. The van der Waals surface area contributed by atoms with Gasteiger partial charge >= 0.3 is 0 Å². The summed E-state index contributed by atoms with van der Waals surface area (Å²) >= 11 is 5.95. The highest BCUT2D eigenvalue weighted by atomic mass is 35.5. The first kappa shape index (κ1) is 13.0. The Morgan fingerprint density at radius 2 is 1.90 bits per heavy atom. The smallest absolute Gasteiger partial charge is 0.274 e. The molecule has 0 saturated carbocycles. The van der Waals surface area contributed by atoms with Gasteiger partial charge < -0.3 is 0 Å². The van der Waals surface area contributed by atoms with Crippen molar-refractivity contribution in [2.45, 2.75) is 20.4 Å². The van der Waals surface area contributed by atoms with Gasteiger partial charge in [-0.2, -0.15) is 0 Å². The molecular formula is C16H15ClN2O. The quantitative estimate of drug-likeness (QED) is 0.767. The van der Waals surface area contributed by atoms with Crippen LogP contribution in [0.25, 0.3) is 10.9 Å². The fraction of sp³-hybridized carbons (Fsp3) is 0.188. The molecule has 0 fully saturated rings. The van der Waals surface area contributed by atoms with E-state index in [0.29, 0.717) is 17.0 Å². The van der Waals surface area contributed by atoms with E-state index < -0.39 is 0 Å². The summed E-state index contributed by atoms with van der Waals surface area (Å²) < 4.78 is 1.62. The molecule has 102 valence electrons. The fourth-order valence-electron chi connectivity index (χ4n) is 2.33. The van der Waals surface area contributed by atoms with Gasteiger partial charge in [0, 0.05) is 5.02 Å². The third-order valence-electron chi connectivity index (χ3n) is 3.62. The number of aromatic nitrogens is 2. The lowest BCUT2D eigenvalue weighted by molar-refractivity contribution is 0.672. The minimum Gasteiger partial charge on any atom is -0.295 e. The van der Waals surface area contributed by atoms with Crippen LogP contribution in [0.15, 0.2) is 41.2 Å². The van der Waals surface area contributed by atoms with Gasteiger partial charge in [-0.15, -0.1) is 0 Å². The number of fused-ring (bicyclic) bond motifs is 1. The SMILES string of the molecule is Cc1ccc(Cn2[nH]c3cc(Cl)ccc3c2=O)cc1C. The molecule has 1 aromatic heterocycles. The second kappa shape index (κ2) is 4.84. The Labute approximate surface area is 121 Å². The number of benzene rings is 2. The maximum Gasteiger partial charge on any atom is 0.274 e. The molecule has 0 radical (unpaired) electrons. The fourth-order valence-corrected chi connectivity index (χ4v) is 2.50. The van der Waals surface area contributed by atoms with E-state index in [9.17, 15) is 4.79 Å². The lowest BCUT2D eigenvalue weighted by atomic mass is 10.1. The minimum absolute atomic E-state index is 0.0186. The second-order valence-corrected chi connectivity index (χ2v) is 5.55. The zero-order valence-corrected chi connectivity index (χ0v) is 12.2. The zero-order valence-electron chi connectivity index (χ0n) is 11.4. The van der Waals surface area contributed by atoms with Gasteiger partial charge in [-0.1, -0.05) is 29.8 Å². The molecule has 0 aliphatic rings. The van der Waals surface area contributed by atoms with E-state index in [1.807, 2.05) is 6.07 Å². The number of aryl methyl sites for hydroxylation is 2. The number of halogens is 1. The van der Waals surface area contributed by atoms with Crippen molar-refractivity contribution < 1.29 is 0 Å². The lowest BCUT2D eigenvalue weighted by Gasteiger charge is -2.05. The molecule has 4 heteroatoms. The monoisotopic (exact) mass is 286 g/mol. The number of nitrogens with one attached hydrogen (secondary N) is 1. The van der Waals surface area contributed by atoms with Crippen LogP contribution in [0.3, 0.4) is 0 Å². The normalized spacial score (nSPS) is 11.2. The van der Waals surface area contributed by atoms with E-state index in [2.05, 4.69) is 31.1 Å². The Bertz CT molecular complexity index is 845. The summed E-state index contributed by atoms with van der Waals surface area (Å²) in [5, 5.41) is 4.39. The first-order valence-corrected chi connectivity index (χ1v) is 6.86. The molecule has 0 unspecified atom stereocenters. The summed E-state index contributed by atoms with van der Waals surface area (Å²) in [6, 6.07) is 11.5. The topological polar surface area (TPSA) is 37.8 Å². The maximum absolute atomic E-state index is 12.3. The Hall–Kier alpha value is -2.00. The highest BCUT2D eigenvalue weighted by Gasteiger charge is 2.07. The van der Waals surface area contributed by atoms with Gasteiger partial charge in [-0.25, -0.2) is 4.68 Å². The molecule has 0 bridgehead atoms. The Morgan fingerprint density at radius 1 is 1.10 bits per heavy atom. The van der Waals surface area contributed by atoms with Crippen molar-refractivity contribution in [3.8, 4) is 0 Å². The molecule has 0 aliphatic heterocycles. The van der Waals surface area contributed by atoms with E-state index in [1.165, 1.54) is 11.1 Å². The molecule has 2 aromatic carbocycles. The van der Waals surface area contributed by atoms with Crippen molar-refractivity contribution in [2.75, 3.05) is 0 Å². The first-order valence-electron chi connectivity index (χ1n) is 6.49. The highest BCUT2D eigenvalue weighted by Crippen LogP contribution is 2.16. The van der Waals surface area contributed by atoms with Crippen LogP contribution in [-0.2, 0) is 6.54 Å². The molecule has 1 N–H and O–H groups in total. The van der Waals surface area contributed by atoms with Crippen molar-refractivity contribution in [3.05, 3.63) is 68.5 Å². The molecule has 0 atom stereocenters. The van der Waals surface area contributed by atoms with E-state index in [0.717, 1.165) is 11.1 Å². The van der Waals surface area contributed by atoms with Crippen molar-refractivity contribution in [2.24, 2.45) is 0 Å². The number of aromatic amines is 1. The average molecular weight is 287 g/mol. The van der Waals surface area contributed by atoms with E-state index in [1.54, 1.807) is 22.9 Å². The molecule has 20 heavy (non-hydrogen) atoms. The first-order chi connectivity index (χ1) is 9.54. The zero-order chi connectivity index (χ0) is 14.3. The van der Waals surface area contributed by atoms with Gasteiger partial charge in [-0.3, -0.25) is 9.89 Å². The summed E-state index contributed by atoms with van der Waals surface area (Å²) in [4.78, 5) is 12.3. The Morgan fingerprint density at radius 3 is 2.65 bits per heavy atom. The Kier molecular flexibility index (Phi) is 3.14. The molecule has 3 nitrogen and oxygen atoms in total. The largest absolute Gasteiger partial charge is 0.295 e. The summed E-state index contributed by atoms with van der Waals surface area (Å²) in [5.74, 6) is 0. The van der Waals surface area contributed by atoms with Crippen molar-refractivity contribution in [1.29, 1.82) is 0 Å². The number of hydrogen-bond acceptors (Lipinski definition) is 1. The molecule has 0 aliphatic carbocycles. The molecule has 0 saturated heterocycles. The molecule has 3 rings (SSSR count). The van der Waals surface area contributed by atoms with Crippen molar-refractivity contribution in [3.63, 3.8) is 0 Å². The lowest BCUT2D eigenvalue weighted by Crippen LogP contribution is -2.17. The highest BCUT2D eigenvalue weighted by molar-refractivity contribution is 6.31. The third kappa shape index (κ3) is 2.25. The summed E-state index contributed by atoms with van der Waals surface area (Å²) in [6.07, 6.45) is 0. The van der Waals surface area contributed by atoms with Crippen LogP contribution in [0, 0.1) is 13.8 Å². The van der Waals surface area contributed by atoms with E-state index >= 15 is 0 Å². The van der Waals surface area contributed by atoms with Gasteiger partial charge in [0.1, 0.15) is 0 Å². The number of hydrogen-bond donors (Lipinski definition) is 1. The van der Waals surface area contributed by atoms with Crippen LogP contribution >= 0.6 is 11.6 Å². The molecular weight excluding hydrogens is 272 g/mol. The third-order valence-corrected chi connectivity index (χ3v) is 3.86. The average Bonchev–Trinajstić information content (AvgIpc) is 2.70. The maximum atomic E-state index is 12.3. The second-order valence-electron chi connectivity index (χ2n) is 5.11. The van der Waals surface area contributed by atoms with Gasteiger partial charge in [0.05, 0.1) is 17.4 Å². The summed E-state index contributed by atoms with van der Waals surface area (Å²) in [6.45, 7) is 4.69. The van der Waals surface area contributed by atoms with Crippen LogP contribution in [0.2, 0.25) is 5.02 Å². The number of H-pyrrole nitrogens is 1. The van der Waals surface area contributed by atoms with Crippen molar-refractivity contribution >= 4 is 22.5 Å². The molecule has 0 spiro atoms. The minimum atomic E-state index is -0.0186. The Balaban J connectivity index is 2.04. The molecule has 0 amide bonds. The van der Waals surface area contributed by atoms with Gasteiger partial charge in [0.25, 0.3) is 5.56 Å². The van der Waals surface area contributed by atoms with Gasteiger partial charge in [-0.05, 0) is 48.7 Å². The number of nitrogens with zero attached hydrogens (tertiary/aromatic N) is 1.